The zero-order chi connectivity index (χ0) is 30.4. The van der Waals surface area contributed by atoms with Crippen LogP contribution in [0.25, 0.3) is 11.0 Å². The van der Waals surface area contributed by atoms with E-state index in [0.29, 0.717) is 57.9 Å². The molecule has 2 aromatic rings. The van der Waals surface area contributed by atoms with Crippen molar-refractivity contribution in [2.75, 3.05) is 44.2 Å². The van der Waals surface area contributed by atoms with Gasteiger partial charge in [0.1, 0.15) is 11.1 Å². The van der Waals surface area contributed by atoms with Crippen molar-refractivity contribution >= 4 is 28.9 Å². The van der Waals surface area contributed by atoms with Gasteiger partial charge >= 0.3 is 12.1 Å². The number of para-hydroxylation sites is 2. The molecule has 1 amide bonds. The number of carbonyl (C=O) groups is 2. The van der Waals surface area contributed by atoms with Crippen LogP contribution in [-0.4, -0.2) is 86.9 Å². The molecule has 4 fully saturated rings. The van der Waals surface area contributed by atoms with Gasteiger partial charge in [-0.2, -0.15) is 0 Å². The lowest BCUT2D eigenvalue weighted by atomic mass is 9.81. The molecule has 2 unspecified atom stereocenters. The normalized spacial score (nSPS) is 25.4. The summed E-state index contributed by atoms with van der Waals surface area (Å²) in [7, 11) is 0. The van der Waals surface area contributed by atoms with E-state index in [-0.39, 0.29) is 29.5 Å². The maximum Gasteiger partial charge on any atom is 0.410 e. The zero-order valence-electron chi connectivity index (χ0n) is 26.0. The van der Waals surface area contributed by atoms with Crippen molar-refractivity contribution in [2.24, 2.45) is 11.8 Å². The molecule has 234 valence electrons. The monoisotopic (exact) mass is 593 g/mol. The van der Waals surface area contributed by atoms with Gasteiger partial charge in [0, 0.05) is 57.1 Å². The Balaban J connectivity index is 1.21. The van der Waals surface area contributed by atoms with Crippen molar-refractivity contribution in [3.63, 3.8) is 0 Å². The van der Waals surface area contributed by atoms with E-state index in [0.717, 1.165) is 49.6 Å². The number of anilines is 1. The summed E-state index contributed by atoms with van der Waals surface area (Å²) < 4.78 is 7.54. The molecule has 0 spiro atoms. The topological polar surface area (TPSA) is 108 Å². The van der Waals surface area contributed by atoms with Gasteiger partial charge < -0.3 is 24.2 Å². The van der Waals surface area contributed by atoms with Crippen LogP contribution in [0.3, 0.4) is 0 Å². The average Bonchev–Trinajstić information content (AvgIpc) is 3.52. The van der Waals surface area contributed by atoms with Crippen molar-refractivity contribution in [3.05, 3.63) is 34.6 Å². The van der Waals surface area contributed by atoms with E-state index in [9.17, 15) is 19.5 Å². The van der Waals surface area contributed by atoms with Gasteiger partial charge in [-0.3, -0.25) is 14.5 Å². The largest absolute Gasteiger partial charge is 0.480 e. The number of rotatable bonds is 4. The van der Waals surface area contributed by atoms with Crippen LogP contribution in [0.2, 0.25) is 0 Å². The number of carboxylic acids is 1. The van der Waals surface area contributed by atoms with Gasteiger partial charge in [0.15, 0.2) is 5.82 Å². The second-order valence-electron chi connectivity index (χ2n) is 14.2. The summed E-state index contributed by atoms with van der Waals surface area (Å²) in [4.78, 5) is 50.6. The van der Waals surface area contributed by atoms with Crippen LogP contribution in [0, 0.1) is 11.8 Å². The molecule has 43 heavy (non-hydrogen) atoms. The number of amides is 1. The molecule has 3 saturated heterocycles. The van der Waals surface area contributed by atoms with Gasteiger partial charge in [0.25, 0.3) is 5.56 Å². The number of ether oxygens (including phenoxy) is 1. The highest BCUT2D eigenvalue weighted by Gasteiger charge is 2.46. The van der Waals surface area contributed by atoms with Gasteiger partial charge in [-0.1, -0.05) is 44.2 Å². The molecule has 1 N–H and O–H groups in total. The zero-order valence-corrected chi connectivity index (χ0v) is 26.0. The lowest BCUT2D eigenvalue weighted by Gasteiger charge is -2.45. The summed E-state index contributed by atoms with van der Waals surface area (Å²) in [6, 6.07) is 7.84. The van der Waals surface area contributed by atoms with Gasteiger partial charge in [-0.25, -0.2) is 9.78 Å². The van der Waals surface area contributed by atoms with Crippen molar-refractivity contribution in [1.82, 2.24) is 19.4 Å². The molecule has 1 aliphatic carbocycles. The Hall–Kier alpha value is -3.14. The molecule has 0 radical (unpaired) electrons. The first-order chi connectivity index (χ1) is 20.6. The molecule has 4 heterocycles. The average molecular weight is 594 g/mol. The van der Waals surface area contributed by atoms with E-state index in [2.05, 4.69) is 9.80 Å². The minimum absolute atomic E-state index is 0.0143. The van der Waals surface area contributed by atoms with Gasteiger partial charge in [-0.15, -0.1) is 0 Å². The van der Waals surface area contributed by atoms with Crippen LogP contribution < -0.4 is 10.5 Å². The first-order valence-electron chi connectivity index (χ1n) is 16.3. The fraction of sp³-hybridized carbons (Fsp3) is 0.697. The predicted molar refractivity (Wildman–Crippen MR) is 166 cm³/mol. The molecule has 4 aliphatic rings. The number of carbonyl (C=O) groups excluding carboxylic acids is 1. The number of hydrogen-bond acceptors (Lipinski definition) is 7. The molecule has 6 rings (SSSR count). The van der Waals surface area contributed by atoms with E-state index in [1.807, 2.05) is 49.6 Å². The second kappa shape index (κ2) is 11.7. The molecule has 2 atom stereocenters. The number of likely N-dealkylation sites (tertiary alicyclic amines) is 2. The number of nitrogens with zero attached hydrogens (tertiary/aromatic N) is 5. The maximum atomic E-state index is 14.2. The van der Waals surface area contributed by atoms with Gasteiger partial charge in [0.2, 0.25) is 0 Å². The number of hydrogen-bond donors (Lipinski definition) is 1. The van der Waals surface area contributed by atoms with Crippen molar-refractivity contribution in [3.8, 4) is 0 Å². The lowest BCUT2D eigenvalue weighted by molar-refractivity contribution is -0.154. The van der Waals surface area contributed by atoms with Crippen LogP contribution >= 0.6 is 0 Å². The van der Waals surface area contributed by atoms with E-state index < -0.39 is 17.1 Å². The minimum Gasteiger partial charge on any atom is -0.480 e. The van der Waals surface area contributed by atoms with E-state index in [1.165, 1.54) is 6.42 Å². The predicted octanol–water partition coefficient (Wildman–Crippen LogP) is 4.90. The molecule has 10 nitrogen and oxygen atoms in total. The number of benzene rings is 1. The fourth-order valence-corrected chi connectivity index (χ4v) is 8.06. The Morgan fingerprint density at radius 3 is 2.14 bits per heavy atom. The minimum atomic E-state index is -0.789. The Labute approximate surface area is 254 Å². The highest BCUT2D eigenvalue weighted by Crippen LogP contribution is 2.38. The molecule has 10 heteroatoms. The Kier molecular flexibility index (Phi) is 8.17. The van der Waals surface area contributed by atoms with Crippen LogP contribution in [-0.2, 0) is 9.53 Å². The molecule has 1 aromatic heterocycles. The highest BCUT2D eigenvalue weighted by atomic mass is 16.6. The molecule has 1 aromatic carbocycles. The van der Waals surface area contributed by atoms with Crippen molar-refractivity contribution < 1.29 is 19.4 Å². The maximum absolute atomic E-state index is 14.2. The molecule has 3 aliphatic heterocycles. The number of carboxylic acid groups (broad SMARTS) is 1. The summed E-state index contributed by atoms with van der Waals surface area (Å²) in [5, 5.41) is 10.4. The third-order valence-corrected chi connectivity index (χ3v) is 10.2. The summed E-state index contributed by atoms with van der Waals surface area (Å²) >= 11 is 0. The summed E-state index contributed by atoms with van der Waals surface area (Å²) in [6.07, 6.45) is 7.92. The smallest absolute Gasteiger partial charge is 0.410 e. The first-order valence-corrected chi connectivity index (χ1v) is 16.3. The van der Waals surface area contributed by atoms with Crippen LogP contribution in [0.1, 0.15) is 84.6 Å². The fourth-order valence-electron chi connectivity index (χ4n) is 8.06. The van der Waals surface area contributed by atoms with Gasteiger partial charge in [0.05, 0.1) is 11.0 Å². The van der Waals surface area contributed by atoms with Crippen LogP contribution in [0.4, 0.5) is 10.6 Å². The molecule has 1 saturated carbocycles. The van der Waals surface area contributed by atoms with E-state index in [4.69, 9.17) is 9.72 Å². The number of aromatic nitrogens is 2. The molecular weight excluding hydrogens is 546 g/mol. The molecular formula is C33H47N5O5. The standard InChI is InChI=1S/C33H47N5O5/c1-32(2,3)43-31(42)36-21-23-19-35(20-24(23)22-36)28-29(39)38(27-12-8-7-11-26(27)34-28)25-13-17-37(18-14-25)33(30(40)41)15-9-5-4-6-10-16-33/h7-8,11-12,23-25H,4-6,9-10,13-22H2,1-3H3,(H,40,41). The number of fused-ring (bicyclic) bond motifs is 2. The SMILES string of the molecule is CC(C)(C)OC(=O)N1CC2CN(c3nc4ccccc4n(C4CCN(C5(C(=O)O)CCCCCCC5)CC4)c3=O)CC2C1. The third kappa shape index (κ3) is 5.87. The first kappa shape index (κ1) is 29.9. The second-order valence-corrected chi connectivity index (χ2v) is 14.2. The highest BCUT2D eigenvalue weighted by molar-refractivity contribution is 5.79. The summed E-state index contributed by atoms with van der Waals surface area (Å²) in [5.41, 5.74) is 0.251. The Morgan fingerprint density at radius 1 is 0.930 bits per heavy atom. The van der Waals surface area contributed by atoms with Crippen LogP contribution in [0.5, 0.6) is 0 Å². The quantitative estimate of drug-likeness (QED) is 0.533. The Bertz CT molecular complexity index is 1390. The lowest BCUT2D eigenvalue weighted by Crippen LogP contribution is -2.57. The number of aliphatic carboxylic acids is 1. The van der Waals surface area contributed by atoms with Crippen molar-refractivity contribution in [2.45, 2.75) is 95.7 Å². The summed E-state index contributed by atoms with van der Waals surface area (Å²) in [5.74, 6) is 0.341. The summed E-state index contributed by atoms with van der Waals surface area (Å²) in [6.45, 7) is 9.61. The van der Waals surface area contributed by atoms with E-state index in [1.54, 1.807) is 4.90 Å². The van der Waals surface area contributed by atoms with Crippen LogP contribution in [0.15, 0.2) is 29.1 Å². The Morgan fingerprint density at radius 2 is 1.53 bits per heavy atom. The molecule has 0 bridgehead atoms. The third-order valence-electron chi connectivity index (χ3n) is 10.2. The van der Waals surface area contributed by atoms with Crippen molar-refractivity contribution in [1.29, 1.82) is 0 Å². The van der Waals surface area contributed by atoms with Gasteiger partial charge in [-0.05, 0) is 58.6 Å². The van der Waals surface area contributed by atoms with E-state index >= 15 is 0 Å². The number of piperidine rings is 1.